The van der Waals surface area contributed by atoms with Gasteiger partial charge in [0.05, 0.1) is 0 Å². The van der Waals surface area contributed by atoms with Crippen LogP contribution in [0.5, 0.6) is 0 Å². The number of piperidine rings is 1. The Morgan fingerprint density at radius 1 is 1.07 bits per heavy atom. The van der Waals surface area contributed by atoms with Crippen LogP contribution in [0, 0.1) is 6.92 Å². The fourth-order valence-corrected chi connectivity index (χ4v) is 4.38. The number of fused-ring (bicyclic) bond motifs is 1. The van der Waals surface area contributed by atoms with Crippen molar-refractivity contribution in [3.63, 3.8) is 0 Å². The van der Waals surface area contributed by atoms with Crippen molar-refractivity contribution in [1.82, 2.24) is 10.2 Å². The highest BCUT2D eigenvalue weighted by atomic mass is 16.2. The lowest BCUT2D eigenvalue weighted by Gasteiger charge is -2.34. The minimum absolute atomic E-state index is 0.0600. The van der Waals surface area contributed by atoms with Crippen molar-refractivity contribution in [1.29, 1.82) is 0 Å². The van der Waals surface area contributed by atoms with Crippen molar-refractivity contribution >= 4 is 11.7 Å². The third-order valence-corrected chi connectivity index (χ3v) is 6.00. The second-order valence-corrected chi connectivity index (χ2v) is 7.98. The first-order valence-corrected chi connectivity index (χ1v) is 10.1. The van der Waals surface area contributed by atoms with Crippen LogP contribution in [0.1, 0.15) is 36.5 Å². The number of carbonyl (C=O) groups is 1. The molecule has 1 fully saturated rings. The van der Waals surface area contributed by atoms with E-state index in [-0.39, 0.29) is 18.1 Å². The topological polar surface area (TPSA) is 35.6 Å². The van der Waals surface area contributed by atoms with Crippen LogP contribution in [0.15, 0.2) is 48.5 Å². The van der Waals surface area contributed by atoms with Crippen LogP contribution in [-0.4, -0.2) is 36.1 Å². The molecular formula is C23H29N3O. The normalized spacial score (nSPS) is 20.5. The van der Waals surface area contributed by atoms with Gasteiger partial charge >= 0.3 is 6.03 Å². The van der Waals surface area contributed by atoms with E-state index in [9.17, 15) is 4.79 Å². The van der Waals surface area contributed by atoms with E-state index in [2.05, 4.69) is 66.5 Å². The number of para-hydroxylation sites is 1. The van der Waals surface area contributed by atoms with Crippen molar-refractivity contribution in [2.75, 3.05) is 18.0 Å². The van der Waals surface area contributed by atoms with Gasteiger partial charge in [-0.2, -0.15) is 0 Å². The van der Waals surface area contributed by atoms with Gasteiger partial charge in [-0.05, 0) is 55.9 Å². The number of hydrogen-bond acceptors (Lipinski definition) is 2. The smallest absolute Gasteiger partial charge is 0.322 e. The molecule has 4 rings (SSSR count). The molecular weight excluding hydrogens is 334 g/mol. The molecule has 0 bridgehead atoms. The number of likely N-dealkylation sites (tertiary alicyclic amines) is 1. The van der Waals surface area contributed by atoms with Crippen LogP contribution in [0.4, 0.5) is 10.5 Å². The van der Waals surface area contributed by atoms with E-state index in [1.54, 1.807) is 0 Å². The summed E-state index contributed by atoms with van der Waals surface area (Å²) < 4.78 is 0. The van der Waals surface area contributed by atoms with E-state index in [1.165, 1.54) is 16.7 Å². The van der Waals surface area contributed by atoms with Crippen molar-refractivity contribution in [3.05, 3.63) is 65.2 Å². The van der Waals surface area contributed by atoms with E-state index >= 15 is 0 Å². The van der Waals surface area contributed by atoms with Gasteiger partial charge in [0.1, 0.15) is 0 Å². The van der Waals surface area contributed by atoms with Crippen LogP contribution in [-0.2, 0) is 13.0 Å². The standard InChI is InChI=1S/C23H29N3O/c1-17-7-3-4-9-20(17)16-25-13-11-21(12-14-25)24-23(27)26-18(2)15-19-8-5-6-10-22(19)26/h3-10,18,21H,11-16H2,1-2H3,(H,24,27). The monoisotopic (exact) mass is 363 g/mol. The molecule has 2 aliphatic rings. The molecule has 0 radical (unpaired) electrons. The lowest BCUT2D eigenvalue weighted by molar-refractivity contribution is 0.188. The molecule has 0 spiro atoms. The first-order valence-electron chi connectivity index (χ1n) is 10.1. The van der Waals surface area contributed by atoms with Gasteiger partial charge in [0, 0.05) is 37.4 Å². The Kier molecular flexibility index (Phi) is 5.17. The Hall–Kier alpha value is -2.33. The Balaban J connectivity index is 1.32. The number of nitrogens with one attached hydrogen (secondary N) is 1. The van der Waals surface area contributed by atoms with Gasteiger partial charge in [0.15, 0.2) is 0 Å². The SMILES string of the molecule is Cc1ccccc1CN1CCC(NC(=O)N2c3ccccc3CC2C)CC1. The molecule has 0 saturated carbocycles. The summed E-state index contributed by atoms with van der Waals surface area (Å²) in [6, 6.07) is 17.4. The number of rotatable bonds is 3. The molecule has 2 amide bonds. The zero-order valence-electron chi connectivity index (χ0n) is 16.3. The van der Waals surface area contributed by atoms with Crippen LogP contribution in [0.3, 0.4) is 0 Å². The van der Waals surface area contributed by atoms with Gasteiger partial charge in [-0.1, -0.05) is 42.5 Å². The molecule has 2 aromatic rings. The number of nitrogens with zero attached hydrogens (tertiary/aromatic N) is 2. The molecule has 4 nitrogen and oxygen atoms in total. The highest BCUT2D eigenvalue weighted by Crippen LogP contribution is 2.32. The minimum Gasteiger partial charge on any atom is -0.335 e. The lowest BCUT2D eigenvalue weighted by atomic mass is 10.0. The molecule has 2 aromatic carbocycles. The maximum atomic E-state index is 12.9. The Labute approximate surface area is 162 Å². The van der Waals surface area contributed by atoms with E-state index in [1.807, 2.05) is 11.0 Å². The molecule has 2 aliphatic heterocycles. The van der Waals surface area contributed by atoms with Gasteiger partial charge in [-0.25, -0.2) is 4.79 Å². The Morgan fingerprint density at radius 2 is 1.78 bits per heavy atom. The van der Waals surface area contributed by atoms with Gasteiger partial charge in [0.2, 0.25) is 0 Å². The molecule has 1 N–H and O–H groups in total. The first kappa shape index (κ1) is 18.1. The third kappa shape index (κ3) is 3.86. The van der Waals surface area contributed by atoms with E-state index in [0.717, 1.165) is 44.6 Å². The summed E-state index contributed by atoms with van der Waals surface area (Å²) in [5.74, 6) is 0. The van der Waals surface area contributed by atoms with Crippen molar-refractivity contribution in [2.24, 2.45) is 0 Å². The van der Waals surface area contributed by atoms with Crippen LogP contribution in [0.25, 0.3) is 0 Å². The Bertz CT molecular complexity index is 811. The molecule has 1 unspecified atom stereocenters. The zero-order chi connectivity index (χ0) is 18.8. The highest BCUT2D eigenvalue weighted by molar-refractivity contribution is 5.95. The fourth-order valence-electron chi connectivity index (χ4n) is 4.38. The number of urea groups is 1. The van der Waals surface area contributed by atoms with E-state index in [0.29, 0.717) is 0 Å². The van der Waals surface area contributed by atoms with Gasteiger partial charge < -0.3 is 5.32 Å². The maximum Gasteiger partial charge on any atom is 0.322 e. The number of benzene rings is 2. The first-order chi connectivity index (χ1) is 13.1. The third-order valence-electron chi connectivity index (χ3n) is 6.00. The number of carbonyl (C=O) groups excluding carboxylic acids is 1. The second kappa shape index (κ2) is 7.73. The molecule has 27 heavy (non-hydrogen) atoms. The molecule has 2 heterocycles. The summed E-state index contributed by atoms with van der Waals surface area (Å²) in [6.07, 6.45) is 2.97. The summed E-state index contributed by atoms with van der Waals surface area (Å²) in [6.45, 7) is 7.38. The number of hydrogen-bond donors (Lipinski definition) is 1. The minimum atomic E-state index is 0.0600. The lowest BCUT2D eigenvalue weighted by Crippen LogP contribution is -2.50. The van der Waals surface area contributed by atoms with Gasteiger partial charge in [-0.3, -0.25) is 9.80 Å². The average molecular weight is 364 g/mol. The predicted octanol–water partition coefficient (Wildman–Crippen LogP) is 4.12. The molecule has 4 heteroatoms. The maximum absolute atomic E-state index is 12.9. The van der Waals surface area contributed by atoms with E-state index in [4.69, 9.17) is 0 Å². The highest BCUT2D eigenvalue weighted by Gasteiger charge is 2.32. The molecule has 1 saturated heterocycles. The van der Waals surface area contributed by atoms with Crippen molar-refractivity contribution < 1.29 is 4.79 Å². The summed E-state index contributed by atoms with van der Waals surface area (Å²) in [5.41, 5.74) is 5.10. The molecule has 0 aromatic heterocycles. The summed E-state index contributed by atoms with van der Waals surface area (Å²) in [7, 11) is 0. The second-order valence-electron chi connectivity index (χ2n) is 7.98. The molecule has 0 aliphatic carbocycles. The van der Waals surface area contributed by atoms with Crippen LogP contribution >= 0.6 is 0 Å². The van der Waals surface area contributed by atoms with Crippen molar-refractivity contribution in [3.8, 4) is 0 Å². The van der Waals surface area contributed by atoms with Crippen LogP contribution < -0.4 is 10.2 Å². The number of anilines is 1. The van der Waals surface area contributed by atoms with Gasteiger partial charge in [0.25, 0.3) is 0 Å². The molecule has 1 atom stereocenters. The average Bonchev–Trinajstić information content (AvgIpc) is 3.01. The molecule has 142 valence electrons. The van der Waals surface area contributed by atoms with Crippen LogP contribution in [0.2, 0.25) is 0 Å². The van der Waals surface area contributed by atoms with E-state index < -0.39 is 0 Å². The quantitative estimate of drug-likeness (QED) is 0.890. The number of amides is 2. The summed E-state index contributed by atoms with van der Waals surface area (Å²) >= 11 is 0. The summed E-state index contributed by atoms with van der Waals surface area (Å²) in [5, 5.41) is 3.29. The fraction of sp³-hybridized carbons (Fsp3) is 0.435. The summed E-state index contributed by atoms with van der Waals surface area (Å²) in [4.78, 5) is 17.3. The van der Waals surface area contributed by atoms with Crippen molar-refractivity contribution in [2.45, 2.75) is 51.7 Å². The van der Waals surface area contributed by atoms with Gasteiger partial charge in [-0.15, -0.1) is 0 Å². The zero-order valence-corrected chi connectivity index (χ0v) is 16.3. The predicted molar refractivity (Wildman–Crippen MR) is 110 cm³/mol. The largest absolute Gasteiger partial charge is 0.335 e. The number of aryl methyl sites for hydroxylation is 1. The Morgan fingerprint density at radius 3 is 2.56 bits per heavy atom.